The first-order valence-corrected chi connectivity index (χ1v) is 8.55. The first-order chi connectivity index (χ1) is 11.8. The summed E-state index contributed by atoms with van der Waals surface area (Å²) >= 11 is 0. The van der Waals surface area contributed by atoms with Crippen LogP contribution in [0.15, 0.2) is 47.0 Å². The Kier molecular flexibility index (Phi) is 5.68. The Labute approximate surface area is 153 Å². The Balaban J connectivity index is 0.00000182. The van der Waals surface area contributed by atoms with Crippen molar-refractivity contribution in [2.75, 3.05) is 13.1 Å². The number of aromatic nitrogens is 2. The van der Waals surface area contributed by atoms with Gasteiger partial charge in [0.05, 0.1) is 13.1 Å². The van der Waals surface area contributed by atoms with Crippen molar-refractivity contribution >= 4 is 23.2 Å². The molecule has 0 unspecified atom stereocenters. The van der Waals surface area contributed by atoms with Crippen LogP contribution in [0.2, 0.25) is 0 Å². The van der Waals surface area contributed by atoms with Gasteiger partial charge in [-0.15, -0.1) is 12.4 Å². The molecule has 1 saturated heterocycles. The Hall–Kier alpha value is -1.95. The third-order valence-electron chi connectivity index (χ3n) is 4.90. The maximum atomic E-state index is 5.51. The Bertz CT molecular complexity index is 822. The van der Waals surface area contributed by atoms with Gasteiger partial charge >= 0.3 is 0 Å². The van der Waals surface area contributed by atoms with Gasteiger partial charge in [-0.2, -0.15) is 4.98 Å². The minimum absolute atomic E-state index is 0. The molecular formula is C19H23ClN4O. The number of rotatable bonds is 4. The van der Waals surface area contributed by atoms with Crippen LogP contribution in [0.4, 0.5) is 0 Å². The zero-order valence-corrected chi connectivity index (χ0v) is 14.9. The van der Waals surface area contributed by atoms with Crippen molar-refractivity contribution < 1.29 is 4.52 Å². The van der Waals surface area contributed by atoms with Crippen molar-refractivity contribution in [2.24, 2.45) is 5.73 Å². The van der Waals surface area contributed by atoms with Crippen LogP contribution in [0.5, 0.6) is 0 Å². The lowest BCUT2D eigenvalue weighted by atomic mass is 9.86. The van der Waals surface area contributed by atoms with Crippen LogP contribution in [0.25, 0.3) is 10.8 Å². The minimum atomic E-state index is 0. The van der Waals surface area contributed by atoms with Crippen LogP contribution in [0.1, 0.15) is 36.0 Å². The predicted octanol–water partition coefficient (Wildman–Crippen LogP) is 3.48. The van der Waals surface area contributed by atoms with Crippen LogP contribution in [0, 0.1) is 0 Å². The first-order valence-electron chi connectivity index (χ1n) is 8.55. The van der Waals surface area contributed by atoms with Crippen LogP contribution in [0.3, 0.4) is 0 Å². The molecule has 0 saturated carbocycles. The molecule has 132 valence electrons. The molecule has 1 aliphatic rings. The number of nitrogens with two attached hydrogens (primary N) is 1. The molecule has 6 heteroatoms. The number of piperidine rings is 1. The molecule has 2 aromatic carbocycles. The number of hydrogen-bond donors (Lipinski definition) is 1. The number of likely N-dealkylation sites (tertiary alicyclic amines) is 1. The maximum absolute atomic E-state index is 5.51. The second-order valence-electron chi connectivity index (χ2n) is 6.43. The smallest absolute Gasteiger partial charge is 0.240 e. The quantitative estimate of drug-likeness (QED) is 0.773. The van der Waals surface area contributed by atoms with Gasteiger partial charge in [0, 0.05) is 0 Å². The van der Waals surface area contributed by atoms with Crippen molar-refractivity contribution in [2.45, 2.75) is 31.8 Å². The highest BCUT2D eigenvalue weighted by Gasteiger charge is 2.23. The highest BCUT2D eigenvalue weighted by molar-refractivity contribution is 5.86. The number of hydrogen-bond acceptors (Lipinski definition) is 5. The van der Waals surface area contributed by atoms with Crippen LogP contribution >= 0.6 is 12.4 Å². The molecule has 1 aliphatic heterocycles. The molecule has 0 atom stereocenters. The highest BCUT2D eigenvalue weighted by atomic mass is 35.5. The first kappa shape index (κ1) is 17.9. The normalized spacial score (nSPS) is 16.0. The number of benzene rings is 2. The second-order valence-corrected chi connectivity index (χ2v) is 6.43. The van der Waals surface area contributed by atoms with Crippen LogP contribution in [-0.4, -0.2) is 28.1 Å². The van der Waals surface area contributed by atoms with Gasteiger partial charge in [-0.1, -0.05) is 47.6 Å². The predicted molar refractivity (Wildman–Crippen MR) is 101 cm³/mol. The largest absolute Gasteiger partial charge is 0.338 e. The summed E-state index contributed by atoms with van der Waals surface area (Å²) in [6.07, 6.45) is 2.32. The molecule has 2 N–H and O–H groups in total. The lowest BCUT2D eigenvalue weighted by Crippen LogP contribution is -2.32. The SMILES string of the molecule is Cl.NCc1nc(CN2CCC(c3cccc4ccccc34)CC2)no1. The maximum Gasteiger partial charge on any atom is 0.240 e. The Morgan fingerprint density at radius 3 is 2.60 bits per heavy atom. The van der Waals surface area contributed by atoms with Gasteiger partial charge < -0.3 is 10.3 Å². The fourth-order valence-electron chi connectivity index (χ4n) is 3.65. The molecule has 25 heavy (non-hydrogen) atoms. The lowest BCUT2D eigenvalue weighted by Gasteiger charge is -2.31. The molecule has 3 aromatic rings. The van der Waals surface area contributed by atoms with E-state index < -0.39 is 0 Å². The molecule has 0 radical (unpaired) electrons. The van der Waals surface area contributed by atoms with E-state index in [0.29, 0.717) is 18.4 Å². The summed E-state index contributed by atoms with van der Waals surface area (Å²) < 4.78 is 5.08. The zero-order chi connectivity index (χ0) is 16.4. The number of nitrogens with zero attached hydrogens (tertiary/aromatic N) is 3. The van der Waals surface area contributed by atoms with Crippen molar-refractivity contribution in [3.05, 3.63) is 59.7 Å². The summed E-state index contributed by atoms with van der Waals surface area (Å²) in [6, 6.07) is 15.3. The Morgan fingerprint density at radius 2 is 1.84 bits per heavy atom. The fourth-order valence-corrected chi connectivity index (χ4v) is 3.65. The summed E-state index contributed by atoms with van der Waals surface area (Å²) in [7, 11) is 0. The van der Waals surface area contributed by atoms with Gasteiger partial charge in [0.2, 0.25) is 5.89 Å². The van der Waals surface area contributed by atoms with Gasteiger partial charge in [-0.05, 0) is 48.2 Å². The van der Waals surface area contributed by atoms with Gasteiger partial charge in [-0.25, -0.2) is 0 Å². The molecule has 0 bridgehead atoms. The zero-order valence-electron chi connectivity index (χ0n) is 14.1. The van der Waals surface area contributed by atoms with Gasteiger partial charge in [0.15, 0.2) is 5.82 Å². The molecule has 0 aliphatic carbocycles. The van der Waals surface area contributed by atoms with Crippen molar-refractivity contribution in [3.8, 4) is 0 Å². The summed E-state index contributed by atoms with van der Waals surface area (Å²) in [6.45, 7) is 3.16. The highest BCUT2D eigenvalue weighted by Crippen LogP contribution is 2.33. The van der Waals surface area contributed by atoms with E-state index >= 15 is 0 Å². The van der Waals surface area contributed by atoms with Crippen LogP contribution in [-0.2, 0) is 13.1 Å². The molecule has 5 nitrogen and oxygen atoms in total. The number of halogens is 1. The molecule has 1 aromatic heterocycles. The average Bonchev–Trinajstić information content (AvgIpc) is 3.09. The fraction of sp³-hybridized carbons (Fsp3) is 0.368. The van der Waals surface area contributed by atoms with E-state index in [1.54, 1.807) is 0 Å². The van der Waals surface area contributed by atoms with Crippen LogP contribution < -0.4 is 5.73 Å². The van der Waals surface area contributed by atoms with E-state index in [9.17, 15) is 0 Å². The molecule has 2 heterocycles. The van der Waals surface area contributed by atoms with Crippen molar-refractivity contribution in [1.29, 1.82) is 0 Å². The third-order valence-corrected chi connectivity index (χ3v) is 4.90. The van der Waals surface area contributed by atoms with Crippen molar-refractivity contribution in [3.63, 3.8) is 0 Å². The summed E-state index contributed by atoms with van der Waals surface area (Å²) in [5, 5.41) is 6.72. The molecule has 0 spiro atoms. The molecule has 0 amide bonds. The van der Waals surface area contributed by atoms with E-state index in [2.05, 4.69) is 57.5 Å². The third kappa shape index (κ3) is 3.84. The Morgan fingerprint density at radius 1 is 1.08 bits per heavy atom. The molecule has 4 rings (SSSR count). The van der Waals surface area contributed by atoms with E-state index in [1.807, 2.05) is 0 Å². The average molecular weight is 359 g/mol. The summed E-state index contributed by atoms with van der Waals surface area (Å²) in [5.74, 6) is 1.87. The van der Waals surface area contributed by atoms with Gasteiger partial charge in [-0.3, -0.25) is 4.90 Å². The topological polar surface area (TPSA) is 68.2 Å². The van der Waals surface area contributed by atoms with E-state index in [0.717, 1.165) is 38.3 Å². The van der Waals surface area contributed by atoms with E-state index in [4.69, 9.17) is 10.3 Å². The van der Waals surface area contributed by atoms with Crippen molar-refractivity contribution in [1.82, 2.24) is 15.0 Å². The lowest BCUT2D eigenvalue weighted by molar-refractivity contribution is 0.198. The standard InChI is InChI=1S/C19H22N4O.ClH/c20-12-19-21-18(22-24-19)13-23-10-8-15(9-11-23)17-7-3-5-14-4-1-2-6-16(14)17;/h1-7,15H,8-13,20H2;1H. The van der Waals surface area contributed by atoms with Gasteiger partial charge in [0.1, 0.15) is 0 Å². The van der Waals surface area contributed by atoms with E-state index in [1.165, 1.54) is 16.3 Å². The second kappa shape index (κ2) is 7.95. The van der Waals surface area contributed by atoms with E-state index in [-0.39, 0.29) is 12.4 Å². The molecular weight excluding hydrogens is 336 g/mol. The molecule has 1 fully saturated rings. The number of fused-ring (bicyclic) bond motifs is 1. The summed E-state index contributed by atoms with van der Waals surface area (Å²) in [5.41, 5.74) is 7.00. The monoisotopic (exact) mass is 358 g/mol. The summed E-state index contributed by atoms with van der Waals surface area (Å²) in [4.78, 5) is 6.69. The van der Waals surface area contributed by atoms with Gasteiger partial charge in [0.25, 0.3) is 0 Å². The minimum Gasteiger partial charge on any atom is -0.338 e.